The fourth-order valence-electron chi connectivity index (χ4n) is 9.92. The van der Waals surface area contributed by atoms with E-state index in [0.29, 0.717) is 36.5 Å². The number of aliphatic hydroxyl groups is 1. The number of nitrogens with zero attached hydrogens (tertiary/aromatic N) is 3. The first-order valence-corrected chi connectivity index (χ1v) is 24.1. The SMILES string of the molecule is CO[C@H]1S(=O)/C2=C\C(=O)[C@](C)(O[C@H]3CC[C@H](N(C)C)[C@@H](C)O3)[C@H](O)CC/C(C)=C\[C@@H]3[C@@H](C)[C@](C)(Cl)[C@@H](C[C@H]3O[C@H]3CC[C@H](N(C)C)[C@@H](C)O3)OC(=O)[C@@H]3CSC(=N3)[C@]1(C)N2. The Morgan fingerprint density at radius 1 is 0.983 bits per heavy atom. The van der Waals surface area contributed by atoms with E-state index in [9.17, 15) is 18.9 Å². The normalized spacial score (nSPS) is 47.6. The summed E-state index contributed by atoms with van der Waals surface area (Å²) in [5.41, 5.74) is -2.90. The summed E-state index contributed by atoms with van der Waals surface area (Å²) in [5.74, 6) is -1.18. The van der Waals surface area contributed by atoms with E-state index >= 15 is 0 Å². The maximum Gasteiger partial charge on any atom is 0.332 e. The third-order valence-corrected chi connectivity index (χ3v) is 17.6. The highest BCUT2D eigenvalue weighted by atomic mass is 35.5. The predicted octanol–water partition coefficient (Wildman–Crippen LogP) is 4.73. The summed E-state index contributed by atoms with van der Waals surface area (Å²) in [6.45, 7) is 13.4. The van der Waals surface area contributed by atoms with E-state index in [1.165, 1.54) is 24.9 Å². The number of thioether (sulfide) groups is 1. The van der Waals surface area contributed by atoms with Gasteiger partial charge < -0.3 is 48.6 Å². The molecule has 0 amide bonds. The van der Waals surface area contributed by atoms with E-state index in [1.54, 1.807) is 13.8 Å². The molecule has 0 spiro atoms. The van der Waals surface area contributed by atoms with Gasteiger partial charge >= 0.3 is 5.97 Å². The molecule has 17 heteroatoms. The number of hydrogen-bond donors (Lipinski definition) is 2. The van der Waals surface area contributed by atoms with Crippen LogP contribution in [0.5, 0.6) is 0 Å². The van der Waals surface area contributed by atoms with Gasteiger partial charge in [0.2, 0.25) is 0 Å². The van der Waals surface area contributed by atoms with Crippen molar-refractivity contribution >= 4 is 51.0 Å². The molecule has 14 nitrogen and oxygen atoms in total. The van der Waals surface area contributed by atoms with Gasteiger partial charge in [-0.15, -0.1) is 23.4 Å². The minimum atomic E-state index is -1.85. The number of alkyl halides is 1. The highest BCUT2D eigenvalue weighted by Gasteiger charge is 2.56. The van der Waals surface area contributed by atoms with Crippen LogP contribution in [0.2, 0.25) is 0 Å². The van der Waals surface area contributed by atoms with Gasteiger partial charge in [-0.05, 0) is 108 Å². The molecular formula is C43H69ClN4O10S2. The number of carbonyl (C=O) groups excluding carboxylic acids is 2. The third kappa shape index (κ3) is 9.64. The molecule has 6 aliphatic heterocycles. The number of likely N-dealkylation sites (N-methyl/N-ethyl adjacent to an activating group) is 2. The van der Waals surface area contributed by atoms with Gasteiger partial charge in [0.05, 0.1) is 34.3 Å². The van der Waals surface area contributed by atoms with Crippen molar-refractivity contribution in [1.29, 1.82) is 0 Å². The lowest BCUT2D eigenvalue weighted by molar-refractivity contribution is -0.260. The van der Waals surface area contributed by atoms with Crippen LogP contribution in [-0.2, 0) is 48.8 Å². The Bertz CT molecular complexity index is 1710. The molecule has 2 N–H and O–H groups in total. The molecule has 3 saturated heterocycles. The Hall–Kier alpha value is -1.44. The van der Waals surface area contributed by atoms with Crippen LogP contribution in [0.3, 0.4) is 0 Å². The van der Waals surface area contributed by atoms with Gasteiger partial charge in [0.15, 0.2) is 35.4 Å². The number of rotatable bonds is 7. The van der Waals surface area contributed by atoms with Crippen molar-refractivity contribution in [3.8, 4) is 0 Å². The van der Waals surface area contributed by atoms with Crippen LogP contribution >= 0.6 is 23.4 Å². The van der Waals surface area contributed by atoms with Crippen molar-refractivity contribution < 1.29 is 47.3 Å². The highest BCUT2D eigenvalue weighted by Crippen LogP contribution is 2.48. The maximum atomic E-state index is 14.6. The molecule has 17 atom stereocenters. The summed E-state index contributed by atoms with van der Waals surface area (Å²) in [4.78, 5) is 36.8. The molecule has 7 rings (SSSR count). The number of esters is 1. The average Bonchev–Trinajstić information content (AvgIpc) is 3.77. The average molecular weight is 902 g/mol. The molecular weight excluding hydrogens is 832 g/mol. The third-order valence-electron chi connectivity index (χ3n) is 14.0. The van der Waals surface area contributed by atoms with Gasteiger partial charge in [-0.2, -0.15) is 0 Å². The van der Waals surface area contributed by atoms with Crippen LogP contribution in [0.15, 0.2) is 27.7 Å². The van der Waals surface area contributed by atoms with Gasteiger partial charge in [-0.25, -0.2) is 9.00 Å². The van der Waals surface area contributed by atoms with Gasteiger partial charge in [0, 0.05) is 49.8 Å². The van der Waals surface area contributed by atoms with E-state index in [1.807, 2.05) is 34.9 Å². The largest absolute Gasteiger partial charge is 0.459 e. The van der Waals surface area contributed by atoms with Crippen LogP contribution in [0.25, 0.3) is 0 Å². The van der Waals surface area contributed by atoms with Gasteiger partial charge in [0.1, 0.15) is 27.5 Å². The summed E-state index contributed by atoms with van der Waals surface area (Å²) in [6.07, 6.45) is 3.47. The Kier molecular flexibility index (Phi) is 15.2. The van der Waals surface area contributed by atoms with Crippen LogP contribution in [-0.4, -0.2) is 160 Å². The van der Waals surface area contributed by atoms with Gasteiger partial charge in [-0.3, -0.25) is 9.79 Å². The number of carbonyl (C=O) groups is 2. The number of aliphatic hydroxyl groups excluding tert-OH is 1. The number of aliphatic imine (C=N–C) groups is 1. The van der Waals surface area contributed by atoms with Crippen LogP contribution in [0.1, 0.15) is 93.4 Å². The summed E-state index contributed by atoms with van der Waals surface area (Å²) in [7, 11) is 7.73. The lowest BCUT2D eigenvalue weighted by atomic mass is 9.69. The first kappa shape index (κ1) is 48.0. The number of nitrogens with one attached hydrogen (secondary N) is 1. The van der Waals surface area contributed by atoms with Crippen molar-refractivity contribution in [2.45, 2.75) is 176 Å². The molecule has 60 heavy (non-hydrogen) atoms. The topological polar surface area (TPSA) is 158 Å². The van der Waals surface area contributed by atoms with E-state index in [0.717, 1.165) is 18.4 Å². The molecule has 1 unspecified atom stereocenters. The molecule has 6 bridgehead atoms. The lowest BCUT2D eigenvalue weighted by Crippen LogP contribution is -2.56. The molecule has 0 aromatic heterocycles. The van der Waals surface area contributed by atoms with Crippen molar-refractivity contribution in [3.63, 3.8) is 0 Å². The lowest BCUT2D eigenvalue weighted by Gasteiger charge is -2.49. The van der Waals surface area contributed by atoms with Crippen molar-refractivity contribution in [1.82, 2.24) is 15.1 Å². The second-order valence-electron chi connectivity index (χ2n) is 18.7. The first-order valence-electron chi connectivity index (χ1n) is 21.5. The Morgan fingerprint density at radius 3 is 2.20 bits per heavy atom. The molecule has 1 saturated carbocycles. The Labute approximate surface area is 368 Å². The second-order valence-corrected chi connectivity index (χ2v) is 22.0. The zero-order chi connectivity index (χ0) is 44.1. The van der Waals surface area contributed by atoms with Gasteiger partial charge in [-0.1, -0.05) is 18.6 Å². The zero-order valence-corrected chi connectivity index (χ0v) is 39.9. The number of ketones is 1. The standard InChI is InChI=1S/C43H69ClN4O10S2/c1-23-13-16-32(49)43(7,58-37-18-15-30(48(10)11)26(4)55-37)33(50)21-35-46-42(6,40(53-12)60(35)52)39-45-28(22-59-39)38(51)57-34-20-31(27(19-23)24(2)41(34,5)44)56-36-17-14-29(47(8)9)25(3)54-36/h19,21,24-32,34,36-37,40,46,49H,13-18,20,22H2,1-12H3/b23-19-,35-21-/t24-,25-,26-,27-,28+,29+,30+,31-,32-,34-,36+,37+,40+,41+,42+,43-,60?/m1/s1. The number of allylic oxidation sites excluding steroid dienone is 1. The molecule has 4 fully saturated rings. The summed E-state index contributed by atoms with van der Waals surface area (Å²) < 4.78 is 52.4. The summed E-state index contributed by atoms with van der Waals surface area (Å²) >= 11 is 8.80. The van der Waals surface area contributed by atoms with Crippen LogP contribution in [0, 0.1) is 11.8 Å². The van der Waals surface area contributed by atoms with E-state index < -0.39 is 80.9 Å². The van der Waals surface area contributed by atoms with E-state index in [2.05, 4.69) is 49.1 Å². The van der Waals surface area contributed by atoms with E-state index in [-0.39, 0.29) is 47.6 Å². The minimum Gasteiger partial charge on any atom is -0.459 e. The number of halogens is 1. The van der Waals surface area contributed by atoms with Crippen LogP contribution in [0.4, 0.5) is 0 Å². The number of ether oxygens (including phenoxy) is 6. The summed E-state index contributed by atoms with van der Waals surface area (Å²) in [5, 5.41) is 16.0. The second kappa shape index (κ2) is 19.0. The molecule has 6 heterocycles. The monoisotopic (exact) mass is 900 g/mol. The summed E-state index contributed by atoms with van der Waals surface area (Å²) in [6, 6.07) is -0.414. The first-order chi connectivity index (χ1) is 28.1. The highest BCUT2D eigenvalue weighted by molar-refractivity contribution is 8.14. The smallest absolute Gasteiger partial charge is 0.332 e. The molecule has 1 aliphatic carbocycles. The molecule has 0 radical (unpaired) electrons. The minimum absolute atomic E-state index is 0.0455. The number of hydrogen-bond acceptors (Lipinski definition) is 15. The van der Waals surface area contributed by atoms with Crippen molar-refractivity contribution in [3.05, 3.63) is 22.8 Å². The number of methoxy groups -OCH3 is 1. The zero-order valence-electron chi connectivity index (χ0n) is 37.5. The predicted molar refractivity (Wildman–Crippen MR) is 234 cm³/mol. The van der Waals surface area contributed by atoms with Crippen molar-refractivity contribution in [2.24, 2.45) is 16.8 Å². The van der Waals surface area contributed by atoms with Gasteiger partial charge in [0.25, 0.3) is 0 Å². The fraction of sp³-hybridized carbons (Fsp3) is 0.837. The molecule has 0 aromatic carbocycles. The molecule has 340 valence electrons. The van der Waals surface area contributed by atoms with Crippen molar-refractivity contribution in [2.75, 3.05) is 41.1 Å². The Balaban J connectivity index is 1.37. The fourth-order valence-corrected chi connectivity index (χ4v) is 13.0. The number of fused-ring (bicyclic) bond motifs is 9. The van der Waals surface area contributed by atoms with E-state index in [4.69, 9.17) is 45.0 Å². The quantitative estimate of drug-likeness (QED) is 0.205. The maximum absolute atomic E-state index is 14.6. The molecule has 0 aromatic rings. The molecule has 7 aliphatic rings. The Morgan fingerprint density at radius 2 is 1.60 bits per heavy atom. The van der Waals surface area contributed by atoms with Crippen LogP contribution < -0.4 is 5.32 Å².